The molecule has 0 radical (unpaired) electrons. The molecule has 3 aliphatic rings. The summed E-state index contributed by atoms with van der Waals surface area (Å²) >= 11 is 6.09. The summed E-state index contributed by atoms with van der Waals surface area (Å²) in [7, 11) is 0. The van der Waals surface area contributed by atoms with Crippen molar-refractivity contribution >= 4 is 23.4 Å². The van der Waals surface area contributed by atoms with Crippen molar-refractivity contribution in [2.75, 3.05) is 26.4 Å². The van der Waals surface area contributed by atoms with E-state index in [9.17, 15) is 9.59 Å². The summed E-state index contributed by atoms with van der Waals surface area (Å²) in [6, 6.07) is 6.67. The summed E-state index contributed by atoms with van der Waals surface area (Å²) in [6.07, 6.45) is 4.90. The number of amides is 2. The van der Waals surface area contributed by atoms with E-state index < -0.39 is 6.04 Å². The lowest BCUT2D eigenvalue weighted by Gasteiger charge is -2.34. The Morgan fingerprint density at radius 2 is 2.07 bits per heavy atom. The van der Waals surface area contributed by atoms with E-state index >= 15 is 0 Å². The number of nitrogens with one attached hydrogen (secondary N) is 1. The molecule has 2 aliphatic heterocycles. The van der Waals surface area contributed by atoms with Crippen molar-refractivity contribution in [2.24, 2.45) is 5.92 Å². The summed E-state index contributed by atoms with van der Waals surface area (Å²) in [6.45, 7) is 2.04. The van der Waals surface area contributed by atoms with Crippen LogP contribution in [-0.2, 0) is 14.3 Å². The molecule has 1 saturated carbocycles. The van der Waals surface area contributed by atoms with Crippen LogP contribution in [0.2, 0.25) is 5.02 Å². The van der Waals surface area contributed by atoms with Gasteiger partial charge in [0, 0.05) is 23.2 Å². The molecule has 4 rings (SSSR count). The standard InChI is InChI=1S/C21H27ClN2O4/c22-16-6-3-5-15(10-16)21(26)24-18-7-2-1-4-14(18)11-19(24)20(25)23-12-17-13-27-8-9-28-17/h3,5-6,10,14,17-19H,1-2,4,7-9,11-13H2,(H,23,25). The third kappa shape index (κ3) is 4.19. The molecule has 2 amide bonds. The minimum Gasteiger partial charge on any atom is -0.376 e. The van der Waals surface area contributed by atoms with Crippen LogP contribution in [0.3, 0.4) is 0 Å². The molecule has 1 aromatic rings. The van der Waals surface area contributed by atoms with Crippen LogP contribution in [0.1, 0.15) is 42.5 Å². The van der Waals surface area contributed by atoms with Gasteiger partial charge in [-0.15, -0.1) is 0 Å². The highest BCUT2D eigenvalue weighted by molar-refractivity contribution is 6.31. The molecule has 0 spiro atoms. The fourth-order valence-electron chi connectivity index (χ4n) is 4.74. The van der Waals surface area contributed by atoms with Crippen molar-refractivity contribution in [3.63, 3.8) is 0 Å². The zero-order chi connectivity index (χ0) is 19.5. The average Bonchev–Trinajstić information content (AvgIpc) is 3.12. The Labute approximate surface area is 170 Å². The molecule has 4 unspecified atom stereocenters. The van der Waals surface area contributed by atoms with E-state index in [1.807, 2.05) is 4.90 Å². The first-order valence-corrected chi connectivity index (χ1v) is 10.6. The molecule has 0 bridgehead atoms. The second-order valence-corrected chi connectivity index (χ2v) is 8.34. The van der Waals surface area contributed by atoms with Crippen molar-refractivity contribution in [1.82, 2.24) is 10.2 Å². The first kappa shape index (κ1) is 19.7. The van der Waals surface area contributed by atoms with Crippen LogP contribution in [0.4, 0.5) is 0 Å². The molecule has 6 nitrogen and oxygen atoms in total. The van der Waals surface area contributed by atoms with Gasteiger partial charge in [0.15, 0.2) is 0 Å². The largest absolute Gasteiger partial charge is 0.376 e. The van der Waals surface area contributed by atoms with Crippen molar-refractivity contribution in [1.29, 1.82) is 0 Å². The summed E-state index contributed by atoms with van der Waals surface area (Å²) in [5.41, 5.74) is 0.542. The summed E-state index contributed by atoms with van der Waals surface area (Å²) in [4.78, 5) is 28.2. The van der Waals surface area contributed by atoms with Crippen LogP contribution < -0.4 is 5.32 Å². The van der Waals surface area contributed by atoms with Crippen LogP contribution in [-0.4, -0.2) is 61.3 Å². The van der Waals surface area contributed by atoms with Crippen molar-refractivity contribution in [3.05, 3.63) is 34.9 Å². The molecule has 7 heteroatoms. The molecule has 3 fully saturated rings. The maximum absolute atomic E-state index is 13.3. The number of hydrogen-bond acceptors (Lipinski definition) is 4. The Morgan fingerprint density at radius 1 is 1.21 bits per heavy atom. The van der Waals surface area contributed by atoms with Crippen LogP contribution in [0.5, 0.6) is 0 Å². The summed E-state index contributed by atoms with van der Waals surface area (Å²) in [5, 5.41) is 3.52. The van der Waals surface area contributed by atoms with Crippen LogP contribution in [0.15, 0.2) is 24.3 Å². The Balaban J connectivity index is 1.50. The average molecular weight is 407 g/mol. The van der Waals surface area contributed by atoms with E-state index in [0.717, 1.165) is 25.7 Å². The van der Waals surface area contributed by atoms with Gasteiger partial charge < -0.3 is 19.7 Å². The third-order valence-electron chi connectivity index (χ3n) is 6.09. The second kappa shape index (κ2) is 8.80. The number of carbonyl (C=O) groups excluding carboxylic acids is 2. The molecule has 1 aromatic carbocycles. The van der Waals surface area contributed by atoms with Gasteiger partial charge in [0.05, 0.1) is 25.9 Å². The number of carbonyl (C=O) groups is 2. The molecular weight excluding hydrogens is 380 g/mol. The number of ether oxygens (including phenoxy) is 2. The van der Waals surface area contributed by atoms with Crippen LogP contribution >= 0.6 is 11.6 Å². The van der Waals surface area contributed by atoms with E-state index in [1.54, 1.807) is 24.3 Å². The van der Waals surface area contributed by atoms with Gasteiger partial charge in [-0.05, 0) is 43.4 Å². The zero-order valence-electron chi connectivity index (χ0n) is 15.9. The summed E-state index contributed by atoms with van der Waals surface area (Å²) in [5.74, 6) is 0.190. The Morgan fingerprint density at radius 3 is 2.86 bits per heavy atom. The summed E-state index contributed by atoms with van der Waals surface area (Å²) < 4.78 is 11.0. The van der Waals surface area contributed by atoms with E-state index in [2.05, 4.69) is 5.32 Å². The third-order valence-corrected chi connectivity index (χ3v) is 6.32. The quantitative estimate of drug-likeness (QED) is 0.834. The zero-order valence-corrected chi connectivity index (χ0v) is 16.7. The number of benzene rings is 1. The minimum absolute atomic E-state index is 0.0982. The molecule has 152 valence electrons. The van der Waals surface area contributed by atoms with Gasteiger partial charge in [-0.25, -0.2) is 0 Å². The Hall–Kier alpha value is -1.63. The number of hydrogen-bond donors (Lipinski definition) is 1. The normalized spacial score (nSPS) is 30.0. The fourth-order valence-corrected chi connectivity index (χ4v) is 4.93. The molecule has 1 N–H and O–H groups in total. The monoisotopic (exact) mass is 406 g/mol. The molecular formula is C21H27ClN2O4. The lowest BCUT2D eigenvalue weighted by molar-refractivity contribution is -0.127. The van der Waals surface area contributed by atoms with E-state index in [1.165, 1.54) is 6.42 Å². The van der Waals surface area contributed by atoms with Gasteiger partial charge >= 0.3 is 0 Å². The van der Waals surface area contributed by atoms with Gasteiger partial charge in [-0.1, -0.05) is 30.5 Å². The molecule has 2 heterocycles. The Bertz CT molecular complexity index is 722. The van der Waals surface area contributed by atoms with Gasteiger partial charge in [0.1, 0.15) is 6.04 Å². The number of rotatable bonds is 4. The number of halogens is 1. The van der Waals surface area contributed by atoms with Gasteiger partial charge in [-0.3, -0.25) is 9.59 Å². The van der Waals surface area contributed by atoms with Crippen molar-refractivity contribution in [3.8, 4) is 0 Å². The first-order chi connectivity index (χ1) is 13.6. The highest BCUT2D eigenvalue weighted by atomic mass is 35.5. The molecule has 0 aromatic heterocycles. The number of likely N-dealkylation sites (tertiary alicyclic amines) is 1. The minimum atomic E-state index is -0.441. The first-order valence-electron chi connectivity index (χ1n) is 10.2. The second-order valence-electron chi connectivity index (χ2n) is 7.90. The fraction of sp³-hybridized carbons (Fsp3) is 0.619. The van der Waals surface area contributed by atoms with Gasteiger partial charge in [0.25, 0.3) is 5.91 Å². The SMILES string of the molecule is O=C(NCC1COCCO1)C1CC2CCCCC2N1C(=O)c1cccc(Cl)c1. The molecule has 4 atom stereocenters. The smallest absolute Gasteiger partial charge is 0.254 e. The van der Waals surface area contributed by atoms with Gasteiger partial charge in [0.2, 0.25) is 5.91 Å². The topological polar surface area (TPSA) is 67.9 Å². The van der Waals surface area contributed by atoms with Crippen LogP contribution in [0.25, 0.3) is 0 Å². The van der Waals surface area contributed by atoms with Crippen LogP contribution in [0, 0.1) is 5.92 Å². The van der Waals surface area contributed by atoms with E-state index in [-0.39, 0.29) is 24.0 Å². The maximum Gasteiger partial charge on any atom is 0.254 e. The van der Waals surface area contributed by atoms with E-state index in [4.69, 9.17) is 21.1 Å². The van der Waals surface area contributed by atoms with Crippen molar-refractivity contribution < 1.29 is 19.1 Å². The number of nitrogens with zero attached hydrogens (tertiary/aromatic N) is 1. The lowest BCUT2D eigenvalue weighted by atomic mass is 9.84. The van der Waals surface area contributed by atoms with Crippen molar-refractivity contribution in [2.45, 2.75) is 50.3 Å². The number of fused-ring (bicyclic) bond motifs is 1. The highest BCUT2D eigenvalue weighted by Gasteiger charge is 2.47. The van der Waals surface area contributed by atoms with Gasteiger partial charge in [-0.2, -0.15) is 0 Å². The maximum atomic E-state index is 13.3. The predicted molar refractivity (Wildman–Crippen MR) is 105 cm³/mol. The lowest BCUT2D eigenvalue weighted by Crippen LogP contribution is -2.51. The Kier molecular flexibility index (Phi) is 6.19. The molecule has 28 heavy (non-hydrogen) atoms. The molecule has 1 aliphatic carbocycles. The highest BCUT2D eigenvalue weighted by Crippen LogP contribution is 2.40. The van der Waals surface area contributed by atoms with E-state index in [0.29, 0.717) is 42.9 Å². The molecule has 2 saturated heterocycles. The predicted octanol–water partition coefficient (Wildman–Crippen LogP) is 2.64.